The molecule has 0 aromatic carbocycles. The van der Waals surface area contributed by atoms with E-state index in [9.17, 15) is 0 Å². The van der Waals surface area contributed by atoms with Crippen LogP contribution in [-0.2, 0) is 6.54 Å². The fraction of sp³-hybridized carbons (Fsp3) is 0.643. The Bertz CT molecular complexity index is 314. The molecule has 0 saturated heterocycles. The Hall–Kier alpha value is -0.930. The molecular formula is C14H25N3. The van der Waals surface area contributed by atoms with Gasteiger partial charge in [0.15, 0.2) is 0 Å². The molecule has 0 atom stereocenters. The Labute approximate surface area is 105 Å². The van der Waals surface area contributed by atoms with Crippen molar-refractivity contribution in [3.8, 4) is 0 Å². The van der Waals surface area contributed by atoms with Crippen molar-refractivity contribution in [1.29, 1.82) is 0 Å². The third kappa shape index (κ3) is 6.39. The zero-order valence-corrected chi connectivity index (χ0v) is 11.5. The second kappa shape index (κ2) is 7.41. The largest absolute Gasteiger partial charge is 0.315 e. The van der Waals surface area contributed by atoms with Gasteiger partial charge < -0.3 is 10.6 Å². The Balaban J connectivity index is 2.18. The Morgan fingerprint density at radius 2 is 1.82 bits per heavy atom. The number of hydrogen-bond donors (Lipinski definition) is 2. The SMILES string of the molecule is Cc1cc(C)nc(CNCCNCC(C)C)c1. The highest BCUT2D eigenvalue weighted by Gasteiger charge is 1.97. The minimum Gasteiger partial charge on any atom is -0.315 e. The highest BCUT2D eigenvalue weighted by molar-refractivity contribution is 5.19. The van der Waals surface area contributed by atoms with E-state index in [0.29, 0.717) is 0 Å². The number of rotatable bonds is 7. The summed E-state index contributed by atoms with van der Waals surface area (Å²) < 4.78 is 0. The van der Waals surface area contributed by atoms with Gasteiger partial charge in [-0.05, 0) is 44.0 Å². The summed E-state index contributed by atoms with van der Waals surface area (Å²) in [6.07, 6.45) is 0. The first kappa shape index (κ1) is 14.1. The van der Waals surface area contributed by atoms with Crippen LogP contribution in [0.5, 0.6) is 0 Å². The number of pyridine rings is 1. The molecule has 1 aromatic heterocycles. The summed E-state index contributed by atoms with van der Waals surface area (Å²) in [6, 6.07) is 4.25. The summed E-state index contributed by atoms with van der Waals surface area (Å²) >= 11 is 0. The predicted molar refractivity (Wildman–Crippen MR) is 73.1 cm³/mol. The van der Waals surface area contributed by atoms with Crippen molar-refractivity contribution in [3.63, 3.8) is 0 Å². The van der Waals surface area contributed by atoms with Gasteiger partial charge in [-0.15, -0.1) is 0 Å². The van der Waals surface area contributed by atoms with Gasteiger partial charge in [0, 0.05) is 25.3 Å². The fourth-order valence-corrected chi connectivity index (χ4v) is 1.80. The molecule has 0 aliphatic rings. The van der Waals surface area contributed by atoms with Crippen molar-refractivity contribution in [2.45, 2.75) is 34.2 Å². The van der Waals surface area contributed by atoms with Crippen LogP contribution in [0.2, 0.25) is 0 Å². The van der Waals surface area contributed by atoms with Crippen LogP contribution in [0.15, 0.2) is 12.1 Å². The quantitative estimate of drug-likeness (QED) is 0.710. The van der Waals surface area contributed by atoms with Crippen LogP contribution in [0.1, 0.15) is 30.8 Å². The molecule has 0 aliphatic heterocycles. The molecule has 17 heavy (non-hydrogen) atoms. The molecule has 1 heterocycles. The van der Waals surface area contributed by atoms with E-state index in [1.54, 1.807) is 0 Å². The molecular weight excluding hydrogens is 210 g/mol. The molecule has 3 heteroatoms. The lowest BCUT2D eigenvalue weighted by Gasteiger charge is -2.09. The Kier molecular flexibility index (Phi) is 6.16. The van der Waals surface area contributed by atoms with E-state index in [2.05, 4.69) is 48.5 Å². The average molecular weight is 235 g/mol. The van der Waals surface area contributed by atoms with Crippen molar-refractivity contribution in [3.05, 3.63) is 29.1 Å². The lowest BCUT2D eigenvalue weighted by Crippen LogP contribution is -2.29. The van der Waals surface area contributed by atoms with E-state index in [1.165, 1.54) is 5.56 Å². The number of nitrogens with one attached hydrogen (secondary N) is 2. The normalized spacial score (nSPS) is 11.1. The van der Waals surface area contributed by atoms with E-state index >= 15 is 0 Å². The summed E-state index contributed by atoms with van der Waals surface area (Å²) in [4.78, 5) is 4.50. The maximum atomic E-state index is 4.50. The first-order chi connectivity index (χ1) is 8.08. The molecule has 2 N–H and O–H groups in total. The smallest absolute Gasteiger partial charge is 0.0547 e. The summed E-state index contributed by atoms with van der Waals surface area (Å²) in [5.41, 5.74) is 3.51. The molecule has 0 unspecified atom stereocenters. The van der Waals surface area contributed by atoms with Gasteiger partial charge in [0.05, 0.1) is 5.69 Å². The van der Waals surface area contributed by atoms with Gasteiger partial charge in [-0.3, -0.25) is 4.98 Å². The lowest BCUT2D eigenvalue weighted by molar-refractivity contribution is 0.534. The molecule has 3 nitrogen and oxygen atoms in total. The highest BCUT2D eigenvalue weighted by atomic mass is 14.9. The van der Waals surface area contributed by atoms with E-state index in [-0.39, 0.29) is 0 Å². The van der Waals surface area contributed by atoms with Crippen LogP contribution in [-0.4, -0.2) is 24.6 Å². The maximum absolute atomic E-state index is 4.50. The molecule has 0 spiro atoms. The number of aromatic nitrogens is 1. The average Bonchev–Trinajstić information content (AvgIpc) is 2.21. The van der Waals surface area contributed by atoms with Gasteiger partial charge >= 0.3 is 0 Å². The second-order valence-corrected chi connectivity index (χ2v) is 5.05. The highest BCUT2D eigenvalue weighted by Crippen LogP contribution is 2.03. The molecule has 1 rings (SSSR count). The van der Waals surface area contributed by atoms with Crippen LogP contribution in [0.25, 0.3) is 0 Å². The van der Waals surface area contributed by atoms with Crippen molar-refractivity contribution in [2.24, 2.45) is 5.92 Å². The van der Waals surface area contributed by atoms with Gasteiger partial charge in [-0.25, -0.2) is 0 Å². The zero-order valence-electron chi connectivity index (χ0n) is 11.5. The zero-order chi connectivity index (χ0) is 12.7. The summed E-state index contributed by atoms with van der Waals surface area (Å²) in [7, 11) is 0. The van der Waals surface area contributed by atoms with Crippen molar-refractivity contribution in [1.82, 2.24) is 15.6 Å². The fourth-order valence-electron chi connectivity index (χ4n) is 1.80. The number of nitrogens with zero attached hydrogens (tertiary/aromatic N) is 1. The molecule has 0 amide bonds. The molecule has 0 bridgehead atoms. The Morgan fingerprint density at radius 1 is 1.12 bits per heavy atom. The first-order valence-electron chi connectivity index (χ1n) is 6.43. The molecule has 96 valence electrons. The predicted octanol–water partition coefficient (Wildman–Crippen LogP) is 2.03. The minimum atomic E-state index is 0.719. The molecule has 0 radical (unpaired) electrons. The minimum absolute atomic E-state index is 0.719. The first-order valence-corrected chi connectivity index (χ1v) is 6.43. The van der Waals surface area contributed by atoms with Crippen molar-refractivity contribution >= 4 is 0 Å². The summed E-state index contributed by atoms with van der Waals surface area (Å²) in [5.74, 6) is 0.719. The van der Waals surface area contributed by atoms with E-state index in [4.69, 9.17) is 0 Å². The van der Waals surface area contributed by atoms with Crippen LogP contribution < -0.4 is 10.6 Å². The number of aryl methyl sites for hydroxylation is 2. The second-order valence-electron chi connectivity index (χ2n) is 5.05. The van der Waals surface area contributed by atoms with Gasteiger partial charge in [0.2, 0.25) is 0 Å². The topological polar surface area (TPSA) is 37.0 Å². The molecule has 0 aliphatic carbocycles. The standard InChI is InChI=1S/C14H25N3/c1-11(2)9-15-5-6-16-10-14-8-12(3)7-13(4)17-14/h7-8,11,15-16H,5-6,9-10H2,1-4H3. The van der Waals surface area contributed by atoms with Crippen molar-refractivity contribution in [2.75, 3.05) is 19.6 Å². The van der Waals surface area contributed by atoms with Crippen LogP contribution in [0, 0.1) is 19.8 Å². The summed E-state index contributed by atoms with van der Waals surface area (Å²) in [6.45, 7) is 12.5. The summed E-state index contributed by atoms with van der Waals surface area (Å²) in [5, 5.41) is 6.82. The van der Waals surface area contributed by atoms with Gasteiger partial charge in [0.1, 0.15) is 0 Å². The van der Waals surface area contributed by atoms with Gasteiger partial charge in [-0.1, -0.05) is 13.8 Å². The van der Waals surface area contributed by atoms with Crippen LogP contribution >= 0.6 is 0 Å². The van der Waals surface area contributed by atoms with Crippen LogP contribution in [0.4, 0.5) is 0 Å². The van der Waals surface area contributed by atoms with E-state index in [1.807, 2.05) is 6.92 Å². The monoisotopic (exact) mass is 235 g/mol. The van der Waals surface area contributed by atoms with Crippen molar-refractivity contribution < 1.29 is 0 Å². The number of hydrogen-bond acceptors (Lipinski definition) is 3. The van der Waals surface area contributed by atoms with E-state index < -0.39 is 0 Å². The van der Waals surface area contributed by atoms with E-state index in [0.717, 1.165) is 43.5 Å². The maximum Gasteiger partial charge on any atom is 0.0547 e. The molecule has 0 fully saturated rings. The molecule has 0 saturated carbocycles. The van der Waals surface area contributed by atoms with Gasteiger partial charge in [-0.2, -0.15) is 0 Å². The third-order valence-electron chi connectivity index (χ3n) is 2.49. The lowest BCUT2D eigenvalue weighted by atomic mass is 10.2. The Morgan fingerprint density at radius 3 is 2.47 bits per heavy atom. The van der Waals surface area contributed by atoms with Gasteiger partial charge in [0.25, 0.3) is 0 Å². The van der Waals surface area contributed by atoms with Crippen LogP contribution in [0.3, 0.4) is 0 Å². The third-order valence-corrected chi connectivity index (χ3v) is 2.49. The molecule has 1 aromatic rings.